The van der Waals surface area contributed by atoms with Crippen molar-refractivity contribution in [2.24, 2.45) is 0 Å². The Balaban J connectivity index is 2.94. The molecular weight excluding hydrogens is 200 g/mol. The molecule has 1 aromatic heterocycles. The monoisotopic (exact) mass is 206 g/mol. The normalized spacial score (nSPS) is 13.7. The summed E-state index contributed by atoms with van der Waals surface area (Å²) in [6, 6.07) is 1.94. The fourth-order valence-corrected chi connectivity index (χ4v) is 2.25. The van der Waals surface area contributed by atoms with Gasteiger partial charge in [-0.2, -0.15) is 0 Å². The van der Waals surface area contributed by atoms with Crippen LogP contribution in [0.4, 0.5) is 0 Å². The highest BCUT2D eigenvalue weighted by atomic mass is 79.9. The van der Waals surface area contributed by atoms with E-state index in [0.29, 0.717) is 0 Å². The highest BCUT2D eigenvalue weighted by Gasteiger charge is 2.05. The smallest absolute Gasteiger partial charge is 0.0865 e. The third-order valence-corrected chi connectivity index (χ3v) is 3.07. The van der Waals surface area contributed by atoms with Gasteiger partial charge in [-0.1, -0.05) is 0 Å². The van der Waals surface area contributed by atoms with Crippen LogP contribution in [0, 0.1) is 0 Å². The first-order valence-electron chi connectivity index (χ1n) is 2.63. The molecular formula is C6H7BrOS. The molecule has 0 unspecified atom stereocenters. The van der Waals surface area contributed by atoms with E-state index in [1.165, 1.54) is 0 Å². The lowest BCUT2D eigenvalue weighted by atomic mass is 10.3. The molecule has 1 atom stereocenters. The number of hydrogen-bond acceptors (Lipinski definition) is 2. The van der Waals surface area contributed by atoms with Crippen LogP contribution in [0.1, 0.15) is 17.9 Å². The Hall–Kier alpha value is 0.140. The zero-order valence-electron chi connectivity index (χ0n) is 4.97. The summed E-state index contributed by atoms with van der Waals surface area (Å²) in [5.74, 6) is 0. The van der Waals surface area contributed by atoms with Crippen molar-refractivity contribution in [3.8, 4) is 0 Å². The lowest BCUT2D eigenvalue weighted by Crippen LogP contribution is -1.85. The predicted molar refractivity (Wildman–Crippen MR) is 42.7 cm³/mol. The number of aliphatic hydroxyl groups excluding tert-OH is 1. The van der Waals surface area contributed by atoms with Crippen molar-refractivity contribution in [1.82, 2.24) is 0 Å². The van der Waals surface area contributed by atoms with Crippen LogP contribution >= 0.6 is 27.3 Å². The minimum atomic E-state index is -0.348. The fourth-order valence-electron chi connectivity index (χ4n) is 0.604. The molecule has 0 aliphatic heterocycles. The van der Waals surface area contributed by atoms with Gasteiger partial charge in [0, 0.05) is 9.35 Å². The van der Waals surface area contributed by atoms with E-state index in [0.717, 1.165) is 9.35 Å². The maximum Gasteiger partial charge on any atom is 0.0865 e. The molecule has 0 aromatic carbocycles. The van der Waals surface area contributed by atoms with E-state index >= 15 is 0 Å². The minimum absolute atomic E-state index is 0.348. The zero-order chi connectivity index (χ0) is 6.85. The topological polar surface area (TPSA) is 20.2 Å². The first-order valence-corrected chi connectivity index (χ1v) is 4.30. The van der Waals surface area contributed by atoms with Crippen LogP contribution in [0.5, 0.6) is 0 Å². The largest absolute Gasteiger partial charge is 0.388 e. The van der Waals surface area contributed by atoms with E-state index < -0.39 is 0 Å². The van der Waals surface area contributed by atoms with E-state index in [1.54, 1.807) is 18.3 Å². The summed E-state index contributed by atoms with van der Waals surface area (Å²) in [6.45, 7) is 1.76. The Labute approximate surface area is 66.5 Å². The standard InChI is InChI=1S/C6H7BrOS/c1-4(8)6-5(7)2-3-9-6/h2-4,8H,1H3/t4-/m0/s1. The molecule has 1 nitrogen and oxygen atoms in total. The first-order chi connectivity index (χ1) is 4.22. The van der Waals surface area contributed by atoms with Gasteiger partial charge in [0.25, 0.3) is 0 Å². The van der Waals surface area contributed by atoms with Crippen LogP contribution in [0.2, 0.25) is 0 Å². The van der Waals surface area contributed by atoms with Crippen LogP contribution in [0.25, 0.3) is 0 Å². The Morgan fingerprint density at radius 1 is 1.78 bits per heavy atom. The second-order valence-electron chi connectivity index (χ2n) is 1.81. The molecule has 0 bridgehead atoms. The third kappa shape index (κ3) is 1.53. The highest BCUT2D eigenvalue weighted by molar-refractivity contribution is 9.10. The number of aliphatic hydroxyl groups is 1. The van der Waals surface area contributed by atoms with Gasteiger partial charge in [-0.25, -0.2) is 0 Å². The average Bonchev–Trinajstić information content (AvgIpc) is 2.13. The molecule has 3 heteroatoms. The summed E-state index contributed by atoms with van der Waals surface area (Å²) >= 11 is 4.88. The Morgan fingerprint density at radius 2 is 2.44 bits per heavy atom. The maximum atomic E-state index is 9.07. The maximum absolute atomic E-state index is 9.07. The molecule has 1 rings (SSSR count). The summed E-state index contributed by atoms with van der Waals surface area (Å²) in [5.41, 5.74) is 0. The van der Waals surface area contributed by atoms with Gasteiger partial charge in [-0.05, 0) is 34.3 Å². The summed E-state index contributed by atoms with van der Waals surface area (Å²) in [7, 11) is 0. The van der Waals surface area contributed by atoms with Crippen molar-refractivity contribution >= 4 is 27.3 Å². The minimum Gasteiger partial charge on any atom is -0.388 e. The summed E-state index contributed by atoms with van der Waals surface area (Å²) in [4.78, 5) is 0.995. The molecule has 0 radical (unpaired) electrons. The number of halogens is 1. The Kier molecular flexibility index (Phi) is 2.27. The second-order valence-corrected chi connectivity index (χ2v) is 3.61. The SMILES string of the molecule is C[C@H](O)c1sccc1Br. The summed E-state index contributed by atoms with van der Waals surface area (Å²) < 4.78 is 1.00. The van der Waals surface area contributed by atoms with Gasteiger partial charge in [0.1, 0.15) is 0 Å². The molecule has 0 aliphatic rings. The zero-order valence-corrected chi connectivity index (χ0v) is 7.37. The second kappa shape index (κ2) is 2.82. The lowest BCUT2D eigenvalue weighted by molar-refractivity contribution is 0.202. The van der Waals surface area contributed by atoms with E-state index in [-0.39, 0.29) is 6.10 Å². The molecule has 50 valence electrons. The van der Waals surface area contributed by atoms with E-state index in [1.807, 2.05) is 11.4 Å². The van der Waals surface area contributed by atoms with Crippen molar-refractivity contribution in [1.29, 1.82) is 0 Å². The lowest BCUT2D eigenvalue weighted by Gasteiger charge is -1.98. The van der Waals surface area contributed by atoms with Crippen molar-refractivity contribution in [3.63, 3.8) is 0 Å². The molecule has 9 heavy (non-hydrogen) atoms. The number of hydrogen-bond donors (Lipinski definition) is 1. The molecule has 1 heterocycles. The van der Waals surface area contributed by atoms with Crippen LogP contribution in [-0.2, 0) is 0 Å². The molecule has 1 aromatic rings. The van der Waals surface area contributed by atoms with E-state index in [4.69, 9.17) is 5.11 Å². The predicted octanol–water partition coefficient (Wildman–Crippen LogP) is 2.56. The Bertz CT molecular complexity index is 195. The Morgan fingerprint density at radius 3 is 2.67 bits per heavy atom. The van der Waals surface area contributed by atoms with Gasteiger partial charge in [0.15, 0.2) is 0 Å². The number of thiophene rings is 1. The van der Waals surface area contributed by atoms with Gasteiger partial charge in [0.05, 0.1) is 6.10 Å². The summed E-state index contributed by atoms with van der Waals surface area (Å²) in [5, 5.41) is 11.0. The van der Waals surface area contributed by atoms with Crippen LogP contribution in [0.3, 0.4) is 0 Å². The van der Waals surface area contributed by atoms with Gasteiger partial charge < -0.3 is 5.11 Å². The van der Waals surface area contributed by atoms with Crippen LogP contribution in [-0.4, -0.2) is 5.11 Å². The van der Waals surface area contributed by atoms with Crippen molar-refractivity contribution < 1.29 is 5.11 Å². The van der Waals surface area contributed by atoms with Crippen LogP contribution < -0.4 is 0 Å². The van der Waals surface area contributed by atoms with Gasteiger partial charge in [-0.3, -0.25) is 0 Å². The summed E-state index contributed by atoms with van der Waals surface area (Å²) in [6.07, 6.45) is -0.348. The number of rotatable bonds is 1. The fraction of sp³-hybridized carbons (Fsp3) is 0.333. The molecule has 0 spiro atoms. The van der Waals surface area contributed by atoms with Gasteiger partial charge in [0.2, 0.25) is 0 Å². The molecule has 0 saturated heterocycles. The van der Waals surface area contributed by atoms with Crippen molar-refractivity contribution in [3.05, 3.63) is 20.8 Å². The molecule has 0 aliphatic carbocycles. The highest BCUT2D eigenvalue weighted by Crippen LogP contribution is 2.28. The first kappa shape index (κ1) is 7.25. The van der Waals surface area contributed by atoms with Crippen molar-refractivity contribution in [2.75, 3.05) is 0 Å². The van der Waals surface area contributed by atoms with Gasteiger partial charge >= 0.3 is 0 Å². The van der Waals surface area contributed by atoms with E-state index in [2.05, 4.69) is 15.9 Å². The van der Waals surface area contributed by atoms with Crippen molar-refractivity contribution in [2.45, 2.75) is 13.0 Å². The third-order valence-electron chi connectivity index (χ3n) is 1.02. The molecule has 1 N–H and O–H groups in total. The molecule has 0 amide bonds. The van der Waals surface area contributed by atoms with Crippen LogP contribution in [0.15, 0.2) is 15.9 Å². The molecule has 0 fully saturated rings. The molecule has 0 saturated carbocycles. The van der Waals surface area contributed by atoms with E-state index in [9.17, 15) is 0 Å². The average molecular weight is 207 g/mol. The van der Waals surface area contributed by atoms with Gasteiger partial charge in [-0.15, -0.1) is 11.3 Å². The quantitative estimate of drug-likeness (QED) is 0.750.